The molecule has 32 heavy (non-hydrogen) atoms. The highest BCUT2D eigenvalue weighted by atomic mass is 16.6. The first kappa shape index (κ1) is 20.4. The lowest BCUT2D eigenvalue weighted by Gasteiger charge is -2.23. The van der Waals surface area contributed by atoms with E-state index in [1.54, 1.807) is 0 Å². The molecule has 6 nitrogen and oxygen atoms in total. The molecule has 164 valence electrons. The fourth-order valence-corrected chi connectivity index (χ4v) is 4.28. The van der Waals surface area contributed by atoms with Gasteiger partial charge in [-0.15, -0.1) is 0 Å². The summed E-state index contributed by atoms with van der Waals surface area (Å²) in [4.78, 5) is 11.2. The summed E-state index contributed by atoms with van der Waals surface area (Å²) in [5.74, 6) is 1.53. The summed E-state index contributed by atoms with van der Waals surface area (Å²) < 4.78 is 17.5. The smallest absolute Gasteiger partial charge is 0.321 e. The Balaban J connectivity index is 1.32. The van der Waals surface area contributed by atoms with Crippen LogP contribution >= 0.6 is 0 Å². The van der Waals surface area contributed by atoms with Gasteiger partial charge in [0.15, 0.2) is 11.5 Å². The average Bonchev–Trinajstić information content (AvgIpc) is 2.82. The van der Waals surface area contributed by atoms with Crippen molar-refractivity contribution >= 4 is 5.97 Å². The van der Waals surface area contributed by atoms with Crippen LogP contribution in [-0.2, 0) is 24.4 Å². The first-order valence-corrected chi connectivity index (χ1v) is 10.8. The zero-order chi connectivity index (χ0) is 22.1. The van der Waals surface area contributed by atoms with E-state index in [1.807, 2.05) is 36.4 Å². The van der Waals surface area contributed by atoms with Gasteiger partial charge in [-0.1, -0.05) is 30.3 Å². The topological polar surface area (TPSA) is 77.0 Å². The van der Waals surface area contributed by atoms with Gasteiger partial charge < -0.3 is 24.6 Å². The van der Waals surface area contributed by atoms with Gasteiger partial charge in [-0.2, -0.15) is 0 Å². The van der Waals surface area contributed by atoms with Crippen molar-refractivity contribution in [3.63, 3.8) is 0 Å². The van der Waals surface area contributed by atoms with Crippen LogP contribution in [-0.4, -0.2) is 30.3 Å². The van der Waals surface area contributed by atoms with Crippen molar-refractivity contribution in [3.05, 3.63) is 76.9 Å². The predicted octanol–water partition coefficient (Wildman–Crippen LogP) is 4.11. The fraction of sp³-hybridized carbons (Fsp3) is 0.269. The summed E-state index contributed by atoms with van der Waals surface area (Å²) in [5.41, 5.74) is 6.63. The van der Waals surface area contributed by atoms with Crippen molar-refractivity contribution in [2.45, 2.75) is 32.5 Å². The van der Waals surface area contributed by atoms with Crippen LogP contribution in [0.1, 0.15) is 22.3 Å². The molecule has 2 aliphatic heterocycles. The van der Waals surface area contributed by atoms with E-state index >= 15 is 0 Å². The Morgan fingerprint density at radius 3 is 2.75 bits per heavy atom. The number of hydrogen-bond donors (Lipinski definition) is 2. The van der Waals surface area contributed by atoms with Crippen molar-refractivity contribution in [2.75, 3.05) is 13.2 Å². The molecule has 5 rings (SSSR count). The molecule has 0 spiro atoms. The third-order valence-corrected chi connectivity index (χ3v) is 6.13. The van der Waals surface area contributed by atoms with Gasteiger partial charge in [0, 0.05) is 6.54 Å². The molecule has 0 radical (unpaired) electrons. The lowest BCUT2D eigenvalue weighted by molar-refractivity contribution is -0.139. The van der Waals surface area contributed by atoms with Gasteiger partial charge in [0.25, 0.3) is 0 Å². The van der Waals surface area contributed by atoms with E-state index in [-0.39, 0.29) is 0 Å². The number of rotatable bonds is 5. The number of aliphatic carboxylic acids is 1. The number of fused-ring (bicyclic) bond motifs is 2. The van der Waals surface area contributed by atoms with Crippen molar-refractivity contribution in [3.8, 4) is 28.4 Å². The lowest BCUT2D eigenvalue weighted by atomic mass is 9.95. The number of benzene rings is 3. The second kappa shape index (κ2) is 8.55. The molecule has 0 aromatic heterocycles. The van der Waals surface area contributed by atoms with E-state index in [9.17, 15) is 9.90 Å². The Hall–Kier alpha value is -3.51. The van der Waals surface area contributed by atoms with Gasteiger partial charge in [0.1, 0.15) is 31.6 Å². The van der Waals surface area contributed by atoms with E-state index in [0.717, 1.165) is 50.6 Å². The Morgan fingerprint density at radius 1 is 1.06 bits per heavy atom. The molecular weight excluding hydrogens is 406 g/mol. The molecule has 3 aromatic rings. The molecule has 2 heterocycles. The molecule has 0 amide bonds. The van der Waals surface area contributed by atoms with E-state index in [4.69, 9.17) is 14.2 Å². The Kier molecular flexibility index (Phi) is 5.45. The SMILES string of the molecule is Cc1c(COc2ccc3c(c2)CN[C@H](C(=O)O)C3)cccc1-c1ccc2c(c1)OCCO2. The van der Waals surface area contributed by atoms with Crippen molar-refractivity contribution in [1.29, 1.82) is 0 Å². The highest BCUT2D eigenvalue weighted by molar-refractivity contribution is 5.74. The molecule has 0 unspecified atom stereocenters. The van der Waals surface area contributed by atoms with Crippen molar-refractivity contribution in [2.24, 2.45) is 0 Å². The Labute approximate surface area is 186 Å². The number of carbonyl (C=O) groups is 1. The van der Waals surface area contributed by atoms with E-state index in [2.05, 4.69) is 30.4 Å². The highest BCUT2D eigenvalue weighted by Crippen LogP contribution is 2.36. The standard InChI is InChI=1S/C26H25NO5/c1-16-19(3-2-4-22(16)18-6-8-24-25(13-18)31-10-9-30-24)15-32-21-7-5-17-12-23(26(28)29)27-14-20(17)11-21/h2-8,11,13,23,27H,9-10,12,14-15H2,1H3,(H,28,29)/t23-/m0/s1. The molecule has 0 aliphatic carbocycles. The van der Waals surface area contributed by atoms with Gasteiger partial charge in [-0.3, -0.25) is 4.79 Å². The molecule has 2 N–H and O–H groups in total. The Morgan fingerprint density at radius 2 is 1.91 bits per heavy atom. The molecule has 1 atom stereocenters. The summed E-state index contributed by atoms with van der Waals surface area (Å²) in [6.45, 7) is 4.23. The highest BCUT2D eigenvalue weighted by Gasteiger charge is 2.23. The first-order valence-electron chi connectivity index (χ1n) is 10.8. The van der Waals surface area contributed by atoms with Crippen molar-refractivity contribution < 1.29 is 24.1 Å². The van der Waals surface area contributed by atoms with Crippen LogP contribution in [0.5, 0.6) is 17.2 Å². The molecule has 6 heteroatoms. The minimum atomic E-state index is -0.815. The zero-order valence-corrected chi connectivity index (χ0v) is 17.9. The first-order chi connectivity index (χ1) is 15.6. The normalized spacial score (nSPS) is 16.8. The molecule has 2 aliphatic rings. The molecule has 0 saturated carbocycles. The van der Waals surface area contributed by atoms with Crippen LogP contribution in [0.4, 0.5) is 0 Å². The minimum absolute atomic E-state index is 0.453. The maximum Gasteiger partial charge on any atom is 0.321 e. The van der Waals surface area contributed by atoms with E-state index in [0.29, 0.717) is 32.8 Å². The van der Waals surface area contributed by atoms with Gasteiger partial charge in [0.05, 0.1) is 0 Å². The second-order valence-electron chi connectivity index (χ2n) is 8.14. The number of carboxylic acid groups (broad SMARTS) is 1. The van der Waals surface area contributed by atoms with Crippen LogP contribution in [0.3, 0.4) is 0 Å². The van der Waals surface area contributed by atoms with Crippen LogP contribution in [0.15, 0.2) is 54.6 Å². The van der Waals surface area contributed by atoms with E-state index in [1.165, 1.54) is 0 Å². The maximum absolute atomic E-state index is 11.2. The second-order valence-corrected chi connectivity index (χ2v) is 8.14. The average molecular weight is 431 g/mol. The molecule has 0 bridgehead atoms. The van der Waals surface area contributed by atoms with Crippen LogP contribution in [0, 0.1) is 6.92 Å². The summed E-state index contributed by atoms with van der Waals surface area (Å²) in [6.07, 6.45) is 0.488. The molecule has 3 aromatic carbocycles. The largest absolute Gasteiger partial charge is 0.489 e. The number of nitrogens with one attached hydrogen (secondary N) is 1. The van der Waals surface area contributed by atoms with Gasteiger partial charge in [0.2, 0.25) is 0 Å². The molecular formula is C26H25NO5. The minimum Gasteiger partial charge on any atom is -0.489 e. The van der Waals surface area contributed by atoms with Gasteiger partial charge in [-0.25, -0.2) is 0 Å². The van der Waals surface area contributed by atoms with Crippen LogP contribution < -0.4 is 19.5 Å². The summed E-state index contributed by atoms with van der Waals surface area (Å²) in [5, 5.41) is 12.3. The fourth-order valence-electron chi connectivity index (χ4n) is 4.28. The van der Waals surface area contributed by atoms with Gasteiger partial charge in [-0.05, 0) is 71.0 Å². The van der Waals surface area contributed by atoms with E-state index < -0.39 is 12.0 Å². The monoisotopic (exact) mass is 431 g/mol. The van der Waals surface area contributed by atoms with Crippen molar-refractivity contribution in [1.82, 2.24) is 5.32 Å². The summed E-state index contributed by atoms with van der Waals surface area (Å²) >= 11 is 0. The quantitative estimate of drug-likeness (QED) is 0.633. The molecule has 0 saturated heterocycles. The number of carboxylic acids is 1. The number of hydrogen-bond acceptors (Lipinski definition) is 5. The lowest BCUT2D eigenvalue weighted by Crippen LogP contribution is -2.41. The van der Waals surface area contributed by atoms with Gasteiger partial charge >= 0.3 is 5.97 Å². The predicted molar refractivity (Wildman–Crippen MR) is 120 cm³/mol. The summed E-state index contributed by atoms with van der Waals surface area (Å²) in [7, 11) is 0. The third-order valence-electron chi connectivity index (χ3n) is 6.13. The summed E-state index contributed by atoms with van der Waals surface area (Å²) in [6, 6.07) is 17.6. The zero-order valence-electron chi connectivity index (χ0n) is 17.9. The number of ether oxygens (including phenoxy) is 3. The van der Waals surface area contributed by atoms with Crippen LogP contribution in [0.25, 0.3) is 11.1 Å². The third kappa shape index (κ3) is 4.01. The maximum atomic E-state index is 11.2. The van der Waals surface area contributed by atoms with Crippen LogP contribution in [0.2, 0.25) is 0 Å². The molecule has 0 fully saturated rings. The Bertz CT molecular complexity index is 1170.